The number of methoxy groups -OCH3 is 1. The molecule has 0 saturated heterocycles. The van der Waals surface area contributed by atoms with E-state index in [0.717, 1.165) is 16.8 Å². The molecular formula is C23H28N2O3. The maximum absolute atomic E-state index is 13.4. The summed E-state index contributed by atoms with van der Waals surface area (Å²) in [5.74, 6) is -0.196. The average Bonchev–Trinajstić information content (AvgIpc) is 2.90. The normalized spacial score (nSPS) is 18.9. The molecule has 0 aromatic heterocycles. The number of fused-ring (bicyclic) bond motifs is 1. The van der Waals surface area contributed by atoms with Crippen LogP contribution in [0.3, 0.4) is 0 Å². The van der Waals surface area contributed by atoms with Crippen molar-refractivity contribution in [2.75, 3.05) is 25.6 Å². The van der Waals surface area contributed by atoms with E-state index in [4.69, 9.17) is 4.74 Å². The van der Waals surface area contributed by atoms with Crippen LogP contribution in [0, 0.1) is 0 Å². The van der Waals surface area contributed by atoms with E-state index in [1.807, 2.05) is 68.4 Å². The number of hydrogen-bond acceptors (Lipinski definition) is 3. The van der Waals surface area contributed by atoms with Crippen LogP contribution in [-0.4, -0.2) is 38.1 Å². The number of hydrogen-bond donors (Lipinski definition) is 1. The topological polar surface area (TPSA) is 58.6 Å². The van der Waals surface area contributed by atoms with E-state index in [9.17, 15) is 9.59 Å². The second-order valence-corrected chi connectivity index (χ2v) is 8.04. The molecule has 1 atom stereocenters. The zero-order chi connectivity index (χ0) is 20.4. The average molecular weight is 380 g/mol. The van der Waals surface area contributed by atoms with Crippen molar-refractivity contribution in [3.8, 4) is 0 Å². The van der Waals surface area contributed by atoms with E-state index in [1.54, 1.807) is 19.1 Å². The van der Waals surface area contributed by atoms with Gasteiger partial charge in [-0.1, -0.05) is 48.5 Å². The van der Waals surface area contributed by atoms with Gasteiger partial charge in [-0.2, -0.15) is 0 Å². The Balaban J connectivity index is 1.95. The standard InChI is InChI=1S/C23H28N2O3/c1-22(2,28-4)16-24-20(26)15-23(14-17-10-6-5-7-11-17)18-12-8-9-13-19(18)25(3)21(23)27/h5-13H,14-16H2,1-4H3,(H,24,26)/t23-/m0/s1. The Morgan fingerprint density at radius 1 is 1.11 bits per heavy atom. The molecular weight excluding hydrogens is 352 g/mol. The summed E-state index contributed by atoms with van der Waals surface area (Å²) in [7, 11) is 3.40. The van der Waals surface area contributed by atoms with Crippen molar-refractivity contribution in [2.45, 2.75) is 37.7 Å². The van der Waals surface area contributed by atoms with Crippen molar-refractivity contribution in [2.24, 2.45) is 0 Å². The maximum atomic E-state index is 13.4. The van der Waals surface area contributed by atoms with Gasteiger partial charge in [0.05, 0.1) is 11.0 Å². The van der Waals surface area contributed by atoms with Crippen molar-refractivity contribution < 1.29 is 14.3 Å². The highest BCUT2D eigenvalue weighted by molar-refractivity contribution is 6.09. The molecule has 0 fully saturated rings. The molecule has 148 valence electrons. The van der Waals surface area contributed by atoms with Crippen LogP contribution in [-0.2, 0) is 26.2 Å². The molecule has 2 amide bonds. The SMILES string of the molecule is COC(C)(C)CNC(=O)C[C@]1(Cc2ccccc2)C(=O)N(C)c2ccccc21. The zero-order valence-electron chi connectivity index (χ0n) is 17.0. The zero-order valence-corrected chi connectivity index (χ0v) is 17.0. The van der Waals surface area contributed by atoms with Gasteiger partial charge in [0.1, 0.15) is 0 Å². The third kappa shape index (κ3) is 3.80. The van der Waals surface area contributed by atoms with Crippen LogP contribution in [0.5, 0.6) is 0 Å². The van der Waals surface area contributed by atoms with Gasteiger partial charge < -0.3 is 15.0 Å². The summed E-state index contributed by atoms with van der Waals surface area (Å²) in [5, 5.41) is 2.94. The highest BCUT2D eigenvalue weighted by atomic mass is 16.5. The van der Waals surface area contributed by atoms with E-state index >= 15 is 0 Å². The Labute approximate surface area is 166 Å². The third-order valence-corrected chi connectivity index (χ3v) is 5.57. The number of nitrogens with one attached hydrogen (secondary N) is 1. The maximum Gasteiger partial charge on any atom is 0.238 e. The second-order valence-electron chi connectivity index (χ2n) is 8.04. The van der Waals surface area contributed by atoms with E-state index in [0.29, 0.717) is 13.0 Å². The predicted molar refractivity (Wildman–Crippen MR) is 110 cm³/mol. The molecule has 3 rings (SSSR count). The molecule has 0 aliphatic carbocycles. The highest BCUT2D eigenvalue weighted by Crippen LogP contribution is 2.45. The molecule has 0 spiro atoms. The minimum absolute atomic E-state index is 0.0429. The summed E-state index contributed by atoms with van der Waals surface area (Å²) >= 11 is 0. The molecule has 28 heavy (non-hydrogen) atoms. The lowest BCUT2D eigenvalue weighted by Crippen LogP contribution is -2.46. The molecule has 2 aromatic carbocycles. The molecule has 0 radical (unpaired) electrons. The number of carbonyl (C=O) groups excluding carboxylic acids is 2. The van der Waals surface area contributed by atoms with Gasteiger partial charge >= 0.3 is 0 Å². The van der Waals surface area contributed by atoms with Gasteiger partial charge in [-0.3, -0.25) is 9.59 Å². The Hall–Kier alpha value is -2.66. The number of anilines is 1. The predicted octanol–water partition coefficient (Wildman–Crippen LogP) is 3.07. The number of rotatable bonds is 7. The van der Waals surface area contributed by atoms with Crippen molar-refractivity contribution >= 4 is 17.5 Å². The molecule has 0 bridgehead atoms. The molecule has 5 nitrogen and oxygen atoms in total. The summed E-state index contributed by atoms with van der Waals surface area (Å²) in [5.41, 5.74) is 1.44. The minimum atomic E-state index is -0.909. The largest absolute Gasteiger partial charge is 0.377 e. The molecule has 0 saturated carbocycles. The van der Waals surface area contributed by atoms with Crippen LogP contribution in [0.25, 0.3) is 0 Å². The lowest BCUT2D eigenvalue weighted by molar-refractivity contribution is -0.130. The number of para-hydroxylation sites is 1. The van der Waals surface area contributed by atoms with Crippen LogP contribution in [0.2, 0.25) is 0 Å². The first-order valence-corrected chi connectivity index (χ1v) is 9.52. The minimum Gasteiger partial charge on any atom is -0.377 e. The van der Waals surface area contributed by atoms with Gasteiger partial charge in [0, 0.05) is 32.8 Å². The van der Waals surface area contributed by atoms with Crippen molar-refractivity contribution in [1.82, 2.24) is 5.32 Å². The van der Waals surface area contributed by atoms with E-state index in [1.165, 1.54) is 0 Å². The number of amides is 2. The van der Waals surface area contributed by atoms with Gasteiger partial charge in [0.2, 0.25) is 11.8 Å². The van der Waals surface area contributed by atoms with Crippen LogP contribution < -0.4 is 10.2 Å². The van der Waals surface area contributed by atoms with Crippen molar-refractivity contribution in [3.63, 3.8) is 0 Å². The molecule has 1 N–H and O–H groups in total. The first kappa shape index (κ1) is 20.1. The van der Waals surface area contributed by atoms with Crippen LogP contribution in [0.4, 0.5) is 5.69 Å². The quantitative estimate of drug-likeness (QED) is 0.803. The number of benzene rings is 2. The lowest BCUT2D eigenvalue weighted by atomic mass is 9.73. The summed E-state index contributed by atoms with van der Waals surface area (Å²) in [4.78, 5) is 28.0. The Bertz CT molecular complexity index is 863. The molecule has 0 unspecified atom stereocenters. The fraction of sp³-hybridized carbons (Fsp3) is 0.391. The Morgan fingerprint density at radius 3 is 2.43 bits per heavy atom. The fourth-order valence-electron chi connectivity index (χ4n) is 3.79. The van der Waals surface area contributed by atoms with Crippen molar-refractivity contribution in [3.05, 3.63) is 65.7 Å². The third-order valence-electron chi connectivity index (χ3n) is 5.57. The van der Waals surface area contributed by atoms with E-state index < -0.39 is 11.0 Å². The van der Waals surface area contributed by atoms with Crippen LogP contribution in [0.15, 0.2) is 54.6 Å². The van der Waals surface area contributed by atoms with Gasteiger partial charge in [-0.25, -0.2) is 0 Å². The number of likely N-dealkylation sites (N-methyl/N-ethyl adjacent to an activating group) is 1. The van der Waals surface area contributed by atoms with Crippen LogP contribution >= 0.6 is 0 Å². The first-order valence-electron chi connectivity index (χ1n) is 9.52. The van der Waals surface area contributed by atoms with Gasteiger partial charge in [-0.15, -0.1) is 0 Å². The van der Waals surface area contributed by atoms with Gasteiger partial charge in [0.25, 0.3) is 0 Å². The van der Waals surface area contributed by atoms with Gasteiger partial charge in [-0.05, 0) is 37.5 Å². The highest BCUT2D eigenvalue weighted by Gasteiger charge is 2.50. The molecule has 1 aliphatic heterocycles. The summed E-state index contributed by atoms with van der Waals surface area (Å²) in [6, 6.07) is 17.6. The monoisotopic (exact) mass is 380 g/mol. The fourth-order valence-corrected chi connectivity index (χ4v) is 3.79. The van der Waals surface area contributed by atoms with E-state index in [2.05, 4.69) is 5.32 Å². The Kier molecular flexibility index (Phi) is 5.57. The number of ether oxygens (including phenoxy) is 1. The second kappa shape index (κ2) is 7.76. The lowest BCUT2D eigenvalue weighted by Gasteiger charge is -2.29. The molecule has 1 aliphatic rings. The van der Waals surface area contributed by atoms with Gasteiger partial charge in [0.15, 0.2) is 0 Å². The first-order chi connectivity index (χ1) is 13.3. The molecule has 5 heteroatoms. The van der Waals surface area contributed by atoms with E-state index in [-0.39, 0.29) is 18.2 Å². The Morgan fingerprint density at radius 2 is 1.75 bits per heavy atom. The summed E-state index contributed by atoms with van der Waals surface area (Å²) in [6.07, 6.45) is 0.580. The van der Waals surface area contributed by atoms with Crippen LogP contribution in [0.1, 0.15) is 31.4 Å². The molecule has 1 heterocycles. The molecule has 2 aromatic rings. The number of nitrogens with zero attached hydrogens (tertiary/aromatic N) is 1. The summed E-state index contributed by atoms with van der Waals surface area (Å²) in [6.45, 7) is 4.21. The summed E-state index contributed by atoms with van der Waals surface area (Å²) < 4.78 is 5.38. The smallest absolute Gasteiger partial charge is 0.238 e. The van der Waals surface area contributed by atoms with Crippen molar-refractivity contribution in [1.29, 1.82) is 0 Å². The number of carbonyl (C=O) groups is 2.